The highest BCUT2D eigenvalue weighted by Crippen LogP contribution is 2.24. The fraction of sp³-hybridized carbons (Fsp3) is 0.444. The molecule has 1 aromatic rings. The summed E-state index contributed by atoms with van der Waals surface area (Å²) in [5.41, 5.74) is 0. The normalized spacial score (nSPS) is 10.2. The lowest BCUT2D eigenvalue weighted by Crippen LogP contribution is -1.91. The molecule has 0 aliphatic rings. The summed E-state index contributed by atoms with van der Waals surface area (Å²) in [6.07, 6.45) is 2.68. The lowest BCUT2D eigenvalue weighted by Gasteiger charge is -1.96. The number of thiophene rings is 1. The zero-order valence-corrected chi connectivity index (χ0v) is 9.37. The van der Waals surface area contributed by atoms with Crippen LogP contribution in [0.4, 0.5) is 0 Å². The second kappa shape index (κ2) is 4.77. The second-order valence-corrected chi connectivity index (χ2v) is 4.60. The summed E-state index contributed by atoms with van der Waals surface area (Å²) in [7, 11) is 0. The van der Waals surface area contributed by atoms with Gasteiger partial charge in [-0.3, -0.25) is 0 Å². The van der Waals surface area contributed by atoms with Gasteiger partial charge in [0.25, 0.3) is 0 Å². The SMILES string of the molecule is CC(=O)CCCc1sccc1Br. The summed E-state index contributed by atoms with van der Waals surface area (Å²) in [6.45, 7) is 1.64. The molecule has 1 rings (SSSR count). The van der Waals surface area contributed by atoms with Crippen LogP contribution in [-0.4, -0.2) is 5.78 Å². The number of halogens is 1. The van der Waals surface area contributed by atoms with E-state index in [1.807, 2.05) is 6.07 Å². The van der Waals surface area contributed by atoms with Crippen LogP contribution in [-0.2, 0) is 11.2 Å². The van der Waals surface area contributed by atoms with E-state index in [0.29, 0.717) is 6.42 Å². The van der Waals surface area contributed by atoms with Gasteiger partial charge in [-0.2, -0.15) is 0 Å². The summed E-state index contributed by atoms with van der Waals surface area (Å²) in [4.78, 5) is 12.0. The van der Waals surface area contributed by atoms with Crippen molar-refractivity contribution in [2.75, 3.05) is 0 Å². The molecule has 0 aliphatic heterocycles. The smallest absolute Gasteiger partial charge is 0.129 e. The molecule has 3 heteroatoms. The number of aryl methyl sites for hydroxylation is 1. The Morgan fingerprint density at radius 2 is 2.42 bits per heavy atom. The van der Waals surface area contributed by atoms with Gasteiger partial charge in [0.05, 0.1) is 0 Å². The minimum Gasteiger partial charge on any atom is -0.300 e. The Morgan fingerprint density at radius 3 is 2.92 bits per heavy atom. The molecular weight excluding hydrogens is 236 g/mol. The molecule has 0 aromatic carbocycles. The number of carbonyl (C=O) groups is 1. The molecule has 0 bridgehead atoms. The van der Waals surface area contributed by atoms with Crippen LogP contribution >= 0.6 is 27.3 Å². The van der Waals surface area contributed by atoms with E-state index >= 15 is 0 Å². The summed E-state index contributed by atoms with van der Waals surface area (Å²) >= 11 is 5.20. The zero-order chi connectivity index (χ0) is 8.97. The first-order chi connectivity index (χ1) is 5.70. The van der Waals surface area contributed by atoms with E-state index in [2.05, 4.69) is 21.3 Å². The van der Waals surface area contributed by atoms with Gasteiger partial charge in [-0.05, 0) is 47.1 Å². The third-order valence-electron chi connectivity index (χ3n) is 1.62. The van der Waals surface area contributed by atoms with Crippen LogP contribution < -0.4 is 0 Å². The number of hydrogen-bond acceptors (Lipinski definition) is 2. The molecule has 0 radical (unpaired) electrons. The topological polar surface area (TPSA) is 17.1 Å². The molecule has 1 nitrogen and oxygen atoms in total. The fourth-order valence-electron chi connectivity index (χ4n) is 1.00. The van der Waals surface area contributed by atoms with Crippen LogP contribution in [0.2, 0.25) is 0 Å². The number of rotatable bonds is 4. The summed E-state index contributed by atoms with van der Waals surface area (Å²) < 4.78 is 1.18. The summed E-state index contributed by atoms with van der Waals surface area (Å²) in [5.74, 6) is 0.280. The van der Waals surface area contributed by atoms with Gasteiger partial charge in [0.2, 0.25) is 0 Å². The molecule has 0 amide bonds. The molecule has 0 N–H and O–H groups in total. The maximum absolute atomic E-state index is 10.6. The van der Waals surface area contributed by atoms with Crippen molar-refractivity contribution in [2.24, 2.45) is 0 Å². The summed E-state index contributed by atoms with van der Waals surface area (Å²) in [5, 5.41) is 2.06. The predicted octanol–water partition coefficient (Wildman–Crippen LogP) is 3.42. The van der Waals surface area contributed by atoms with Crippen molar-refractivity contribution >= 4 is 33.0 Å². The van der Waals surface area contributed by atoms with Crippen molar-refractivity contribution < 1.29 is 4.79 Å². The number of hydrogen-bond donors (Lipinski definition) is 0. The van der Waals surface area contributed by atoms with Crippen molar-refractivity contribution in [2.45, 2.75) is 26.2 Å². The highest BCUT2D eigenvalue weighted by Gasteiger charge is 2.01. The zero-order valence-electron chi connectivity index (χ0n) is 6.97. The van der Waals surface area contributed by atoms with Crippen LogP contribution in [0.1, 0.15) is 24.6 Å². The Hall–Kier alpha value is -0.150. The molecule has 12 heavy (non-hydrogen) atoms. The van der Waals surface area contributed by atoms with Crippen molar-refractivity contribution in [3.8, 4) is 0 Å². The average Bonchev–Trinajstić information content (AvgIpc) is 2.36. The van der Waals surface area contributed by atoms with Gasteiger partial charge in [0.1, 0.15) is 5.78 Å². The van der Waals surface area contributed by atoms with Crippen molar-refractivity contribution in [1.82, 2.24) is 0 Å². The van der Waals surface area contributed by atoms with Crippen LogP contribution in [0.15, 0.2) is 15.9 Å². The standard InChI is InChI=1S/C9H11BrOS/c1-7(11)3-2-4-9-8(10)5-6-12-9/h5-6H,2-4H2,1H3. The highest BCUT2D eigenvalue weighted by molar-refractivity contribution is 9.10. The maximum atomic E-state index is 10.6. The molecule has 1 heterocycles. The lowest BCUT2D eigenvalue weighted by atomic mass is 10.2. The Balaban J connectivity index is 2.33. The molecular formula is C9H11BrOS. The number of Topliss-reactive ketones (excluding diaryl/α,β-unsaturated/α-hetero) is 1. The number of ketones is 1. The molecule has 1 aromatic heterocycles. The second-order valence-electron chi connectivity index (χ2n) is 2.75. The van der Waals surface area contributed by atoms with Gasteiger partial charge in [0.15, 0.2) is 0 Å². The average molecular weight is 247 g/mol. The van der Waals surface area contributed by atoms with Crippen LogP contribution in [0.5, 0.6) is 0 Å². The Labute approximate surface area is 84.9 Å². The monoisotopic (exact) mass is 246 g/mol. The van der Waals surface area contributed by atoms with Gasteiger partial charge in [-0.25, -0.2) is 0 Å². The minimum absolute atomic E-state index is 0.280. The highest BCUT2D eigenvalue weighted by atomic mass is 79.9. The molecule has 0 spiro atoms. The Morgan fingerprint density at radius 1 is 1.67 bits per heavy atom. The van der Waals surface area contributed by atoms with Crippen LogP contribution in [0, 0.1) is 0 Å². The van der Waals surface area contributed by atoms with Gasteiger partial charge in [-0.15, -0.1) is 11.3 Å². The molecule has 66 valence electrons. The first kappa shape index (κ1) is 9.93. The number of carbonyl (C=O) groups excluding carboxylic acids is 1. The first-order valence-electron chi connectivity index (χ1n) is 3.91. The maximum Gasteiger partial charge on any atom is 0.129 e. The van der Waals surface area contributed by atoms with Crippen LogP contribution in [0.3, 0.4) is 0 Å². The van der Waals surface area contributed by atoms with Gasteiger partial charge in [0, 0.05) is 15.8 Å². The third kappa shape index (κ3) is 3.07. The van der Waals surface area contributed by atoms with Crippen molar-refractivity contribution in [1.29, 1.82) is 0 Å². The molecule has 0 aliphatic carbocycles. The van der Waals surface area contributed by atoms with Gasteiger partial charge >= 0.3 is 0 Å². The fourth-order valence-corrected chi connectivity index (χ4v) is 2.60. The summed E-state index contributed by atoms with van der Waals surface area (Å²) in [6, 6.07) is 2.05. The Kier molecular flexibility index (Phi) is 3.95. The quantitative estimate of drug-likeness (QED) is 0.796. The molecule has 0 fully saturated rings. The van der Waals surface area contributed by atoms with Gasteiger partial charge in [-0.1, -0.05) is 0 Å². The predicted molar refractivity (Wildman–Crippen MR) is 55.6 cm³/mol. The van der Waals surface area contributed by atoms with E-state index in [9.17, 15) is 4.79 Å². The Bertz CT molecular complexity index is 267. The first-order valence-corrected chi connectivity index (χ1v) is 5.58. The molecule has 0 saturated heterocycles. The third-order valence-corrected chi connectivity index (χ3v) is 3.61. The molecule has 0 saturated carbocycles. The largest absolute Gasteiger partial charge is 0.300 e. The van der Waals surface area contributed by atoms with Crippen molar-refractivity contribution in [3.05, 3.63) is 20.8 Å². The molecule has 0 atom stereocenters. The van der Waals surface area contributed by atoms with E-state index in [4.69, 9.17) is 0 Å². The van der Waals surface area contributed by atoms with E-state index < -0.39 is 0 Å². The van der Waals surface area contributed by atoms with E-state index in [1.165, 1.54) is 9.35 Å². The van der Waals surface area contributed by atoms with Crippen molar-refractivity contribution in [3.63, 3.8) is 0 Å². The van der Waals surface area contributed by atoms with E-state index in [-0.39, 0.29) is 5.78 Å². The van der Waals surface area contributed by atoms with E-state index in [0.717, 1.165) is 12.8 Å². The lowest BCUT2D eigenvalue weighted by molar-refractivity contribution is -0.117. The minimum atomic E-state index is 0.280. The van der Waals surface area contributed by atoms with Crippen LogP contribution in [0.25, 0.3) is 0 Å². The van der Waals surface area contributed by atoms with E-state index in [1.54, 1.807) is 18.3 Å². The molecule has 0 unspecified atom stereocenters. The van der Waals surface area contributed by atoms with Gasteiger partial charge < -0.3 is 4.79 Å².